The van der Waals surface area contributed by atoms with Gasteiger partial charge in [-0.1, -0.05) is 5.16 Å². The van der Waals surface area contributed by atoms with E-state index in [1.165, 1.54) is 17.0 Å². The van der Waals surface area contributed by atoms with Crippen molar-refractivity contribution in [1.29, 1.82) is 0 Å². The van der Waals surface area contributed by atoms with Crippen LogP contribution < -0.4 is 10.3 Å². The second-order valence-corrected chi connectivity index (χ2v) is 6.47. The fourth-order valence-electron chi connectivity index (χ4n) is 3.51. The Kier molecular flexibility index (Phi) is 3.42. The number of hydrogen-bond donors (Lipinski definition) is 0. The van der Waals surface area contributed by atoms with Crippen LogP contribution >= 0.6 is 0 Å². The lowest BCUT2D eigenvalue weighted by Crippen LogP contribution is -2.29. The van der Waals surface area contributed by atoms with Crippen LogP contribution in [0.4, 0.5) is 10.2 Å². The molecule has 1 aliphatic heterocycles. The molecular formula is C20H12FN3O4. The molecule has 4 aromatic rings. The number of halogens is 1. The maximum absolute atomic E-state index is 13.7. The van der Waals surface area contributed by atoms with Crippen molar-refractivity contribution in [2.45, 2.75) is 13.0 Å². The van der Waals surface area contributed by atoms with E-state index in [1.54, 1.807) is 37.5 Å². The van der Waals surface area contributed by atoms with Gasteiger partial charge in [0, 0.05) is 18.5 Å². The molecule has 0 saturated carbocycles. The van der Waals surface area contributed by atoms with Crippen LogP contribution in [0.15, 0.2) is 62.5 Å². The highest BCUT2D eigenvalue weighted by atomic mass is 19.1. The maximum Gasteiger partial charge on any atom is 0.296 e. The number of carbonyl (C=O) groups excluding carboxylic acids is 1. The van der Waals surface area contributed by atoms with Gasteiger partial charge in [0.05, 0.1) is 17.0 Å². The van der Waals surface area contributed by atoms with Gasteiger partial charge in [-0.2, -0.15) is 0 Å². The molecule has 0 bridgehead atoms. The molecule has 1 aromatic carbocycles. The van der Waals surface area contributed by atoms with Crippen molar-refractivity contribution in [3.63, 3.8) is 0 Å². The van der Waals surface area contributed by atoms with Crippen molar-refractivity contribution in [3.8, 4) is 0 Å². The molecule has 28 heavy (non-hydrogen) atoms. The molecule has 0 radical (unpaired) electrons. The molecule has 0 aliphatic carbocycles. The monoisotopic (exact) mass is 377 g/mol. The van der Waals surface area contributed by atoms with E-state index in [2.05, 4.69) is 10.1 Å². The summed E-state index contributed by atoms with van der Waals surface area (Å²) >= 11 is 0. The summed E-state index contributed by atoms with van der Waals surface area (Å²) in [5.41, 5.74) is 0.458. The third kappa shape index (κ3) is 2.27. The molecule has 0 fully saturated rings. The Hall–Kier alpha value is -3.81. The highest BCUT2D eigenvalue weighted by Gasteiger charge is 2.44. The number of aryl methyl sites for hydroxylation is 1. The molecule has 1 atom stereocenters. The fraction of sp³-hybridized carbons (Fsp3) is 0.100. The van der Waals surface area contributed by atoms with Crippen LogP contribution in [-0.2, 0) is 0 Å². The lowest BCUT2D eigenvalue weighted by Gasteiger charge is -2.22. The first-order chi connectivity index (χ1) is 13.5. The van der Waals surface area contributed by atoms with Gasteiger partial charge in [-0.15, -0.1) is 0 Å². The van der Waals surface area contributed by atoms with Crippen molar-refractivity contribution in [2.24, 2.45) is 0 Å². The molecule has 3 aromatic heterocycles. The second-order valence-electron chi connectivity index (χ2n) is 6.47. The lowest BCUT2D eigenvalue weighted by molar-refractivity contribution is 0.0969. The summed E-state index contributed by atoms with van der Waals surface area (Å²) < 4.78 is 24.6. The Morgan fingerprint density at radius 3 is 2.61 bits per heavy atom. The van der Waals surface area contributed by atoms with Crippen LogP contribution in [0.1, 0.15) is 33.5 Å². The van der Waals surface area contributed by atoms with Gasteiger partial charge in [0.1, 0.15) is 17.2 Å². The second kappa shape index (κ2) is 5.85. The van der Waals surface area contributed by atoms with Crippen molar-refractivity contribution >= 4 is 22.7 Å². The van der Waals surface area contributed by atoms with Crippen molar-refractivity contribution in [3.05, 3.63) is 87.5 Å². The molecule has 0 spiro atoms. The van der Waals surface area contributed by atoms with E-state index in [0.29, 0.717) is 11.3 Å². The quantitative estimate of drug-likeness (QED) is 0.532. The van der Waals surface area contributed by atoms with Crippen LogP contribution in [0.2, 0.25) is 0 Å². The van der Waals surface area contributed by atoms with Gasteiger partial charge in [-0.05, 0) is 42.8 Å². The number of fused-ring (bicyclic) bond motifs is 2. The molecule has 138 valence electrons. The third-order valence-electron chi connectivity index (χ3n) is 4.72. The highest BCUT2D eigenvalue weighted by Crippen LogP contribution is 2.40. The fourth-order valence-corrected chi connectivity index (χ4v) is 3.51. The predicted octanol–water partition coefficient (Wildman–Crippen LogP) is 3.37. The number of rotatable bonds is 2. The minimum atomic E-state index is -0.793. The summed E-state index contributed by atoms with van der Waals surface area (Å²) in [6.07, 6.45) is 3.12. The van der Waals surface area contributed by atoms with Crippen molar-refractivity contribution in [2.75, 3.05) is 4.90 Å². The minimum absolute atomic E-state index is 0.0730. The molecule has 0 N–H and O–H groups in total. The van der Waals surface area contributed by atoms with Gasteiger partial charge >= 0.3 is 0 Å². The van der Waals surface area contributed by atoms with E-state index >= 15 is 0 Å². The average molecular weight is 377 g/mol. The van der Waals surface area contributed by atoms with E-state index in [9.17, 15) is 14.0 Å². The number of hydrogen-bond acceptors (Lipinski definition) is 6. The zero-order chi connectivity index (χ0) is 19.4. The van der Waals surface area contributed by atoms with Crippen molar-refractivity contribution in [1.82, 2.24) is 10.1 Å². The topological polar surface area (TPSA) is 89.4 Å². The Labute approximate surface area is 157 Å². The van der Waals surface area contributed by atoms with Crippen LogP contribution in [0, 0.1) is 12.7 Å². The van der Waals surface area contributed by atoms with E-state index in [0.717, 1.165) is 6.07 Å². The number of anilines is 1. The Balaban J connectivity index is 1.84. The van der Waals surface area contributed by atoms with Gasteiger partial charge in [0.2, 0.25) is 5.76 Å². The van der Waals surface area contributed by atoms with Crippen molar-refractivity contribution < 1.29 is 18.1 Å². The Morgan fingerprint density at radius 1 is 1.11 bits per heavy atom. The number of carbonyl (C=O) groups is 1. The van der Waals surface area contributed by atoms with E-state index < -0.39 is 23.2 Å². The maximum atomic E-state index is 13.7. The summed E-state index contributed by atoms with van der Waals surface area (Å²) in [6.45, 7) is 1.70. The Bertz CT molecular complexity index is 1300. The zero-order valence-corrected chi connectivity index (χ0v) is 14.5. The van der Waals surface area contributed by atoms with Crippen LogP contribution in [0.3, 0.4) is 0 Å². The van der Waals surface area contributed by atoms with Gasteiger partial charge in [0.15, 0.2) is 11.2 Å². The molecule has 0 unspecified atom stereocenters. The summed E-state index contributed by atoms with van der Waals surface area (Å²) in [6, 6.07) is 7.82. The third-order valence-corrected chi connectivity index (χ3v) is 4.72. The van der Waals surface area contributed by atoms with Crippen LogP contribution in [0.25, 0.3) is 11.0 Å². The van der Waals surface area contributed by atoms with E-state index in [4.69, 9.17) is 8.94 Å². The molecular weight excluding hydrogens is 365 g/mol. The molecule has 5 rings (SSSR count). The molecule has 4 heterocycles. The van der Waals surface area contributed by atoms with Crippen LogP contribution in [0.5, 0.6) is 0 Å². The van der Waals surface area contributed by atoms with Gasteiger partial charge < -0.3 is 8.94 Å². The first kappa shape index (κ1) is 16.4. The summed E-state index contributed by atoms with van der Waals surface area (Å²) in [4.78, 5) is 31.7. The highest BCUT2D eigenvalue weighted by molar-refractivity contribution is 6.10. The number of aromatic nitrogens is 2. The number of benzene rings is 1. The van der Waals surface area contributed by atoms with Gasteiger partial charge in [0.25, 0.3) is 5.91 Å². The standard InChI is InChI=1S/C20H12FN3O4/c1-10-8-15(23-28-10)24-17(11-4-6-22-7-5-11)16-18(25)13-9-12(21)2-3-14(13)27-19(16)20(24)26/h2-9,17H,1H3/t17-/m1/s1. The molecule has 0 saturated heterocycles. The SMILES string of the molecule is Cc1cc(N2C(=O)c3oc4ccc(F)cc4c(=O)c3[C@H]2c2ccncc2)no1. The van der Waals surface area contributed by atoms with Gasteiger partial charge in [-0.25, -0.2) is 4.39 Å². The number of pyridine rings is 1. The average Bonchev–Trinajstić information content (AvgIpc) is 3.24. The Morgan fingerprint density at radius 2 is 1.89 bits per heavy atom. The summed E-state index contributed by atoms with van der Waals surface area (Å²) in [5, 5.41) is 4.00. The molecule has 8 heteroatoms. The van der Waals surface area contributed by atoms with Gasteiger partial charge in [-0.3, -0.25) is 19.5 Å². The molecule has 7 nitrogen and oxygen atoms in total. The van der Waals surface area contributed by atoms with E-state index in [1.807, 2.05) is 0 Å². The number of amides is 1. The molecule has 1 aliphatic rings. The largest absolute Gasteiger partial charge is 0.450 e. The zero-order valence-electron chi connectivity index (χ0n) is 14.5. The van der Waals surface area contributed by atoms with Crippen LogP contribution in [-0.4, -0.2) is 16.0 Å². The lowest BCUT2D eigenvalue weighted by atomic mass is 9.99. The normalized spacial score (nSPS) is 16.0. The first-order valence-electron chi connectivity index (χ1n) is 8.47. The molecule has 1 amide bonds. The minimum Gasteiger partial charge on any atom is -0.450 e. The summed E-state index contributed by atoms with van der Waals surface area (Å²) in [5.74, 6) is -0.405. The smallest absolute Gasteiger partial charge is 0.296 e. The first-order valence-corrected chi connectivity index (χ1v) is 8.47. The van der Waals surface area contributed by atoms with E-state index in [-0.39, 0.29) is 28.1 Å². The predicted molar refractivity (Wildman–Crippen MR) is 96.6 cm³/mol. The summed E-state index contributed by atoms with van der Waals surface area (Å²) in [7, 11) is 0. The number of nitrogens with zero attached hydrogens (tertiary/aromatic N) is 3.